The van der Waals surface area contributed by atoms with Gasteiger partial charge < -0.3 is 34.5 Å². The molecule has 4 saturated carbocycles. The van der Waals surface area contributed by atoms with E-state index >= 15 is 4.79 Å². The Morgan fingerprint density at radius 1 is 1.02 bits per heavy atom. The molecule has 6 aliphatic rings. The van der Waals surface area contributed by atoms with Gasteiger partial charge in [-0.1, -0.05) is 39.2 Å². The smallest absolute Gasteiger partial charge is 0.407 e. The van der Waals surface area contributed by atoms with Crippen molar-refractivity contribution in [2.45, 2.75) is 152 Å². The summed E-state index contributed by atoms with van der Waals surface area (Å²) >= 11 is 0. The number of nitrogens with zero attached hydrogens (tertiary/aromatic N) is 2. The highest BCUT2D eigenvalue weighted by atomic mass is 32.2. The second kappa shape index (κ2) is 17.3. The molecule has 0 spiro atoms. The van der Waals surface area contributed by atoms with Crippen LogP contribution in [0.4, 0.5) is 4.79 Å². The molecule has 15 nitrogen and oxygen atoms in total. The number of cyclic esters (lactones) is 1. The lowest BCUT2D eigenvalue weighted by atomic mass is 9.83. The number of carbonyl (C=O) groups is 4. The summed E-state index contributed by atoms with van der Waals surface area (Å²) in [4.78, 5) is 63.4. The lowest BCUT2D eigenvalue weighted by Gasteiger charge is -2.35. The van der Waals surface area contributed by atoms with E-state index in [1.165, 1.54) is 11.0 Å². The van der Waals surface area contributed by atoms with Crippen LogP contribution in [0.15, 0.2) is 30.9 Å². The summed E-state index contributed by atoms with van der Waals surface area (Å²) in [6, 6.07) is 3.60. The molecule has 4 aliphatic carbocycles. The number of alkyl carbamates (subject to hydrolysis) is 1. The van der Waals surface area contributed by atoms with Gasteiger partial charge in [-0.25, -0.2) is 18.2 Å². The number of amides is 4. The number of benzene rings is 1. The van der Waals surface area contributed by atoms with Crippen molar-refractivity contribution in [1.82, 2.24) is 25.2 Å². The van der Waals surface area contributed by atoms with Crippen molar-refractivity contribution < 1.29 is 46.5 Å². The van der Waals surface area contributed by atoms with Gasteiger partial charge in [-0.05, 0) is 100 Å². The third kappa shape index (κ3) is 9.43. The molecule has 3 N–H and O–H groups in total. The fourth-order valence-electron chi connectivity index (χ4n) is 9.83. The number of pyridine rings is 1. The van der Waals surface area contributed by atoms with Gasteiger partial charge in [-0.3, -0.25) is 19.1 Å². The SMILES string of the molecule is C=C[C@@H]1CC1(NC(=O)[C@@H]1C[C@@H]2CN1C(=O)[C@H](C1CCCCC1)NC(=O)OCC(C)(C)CCCc1cc3c(cc(OC4CCCC4)nc3cc1OC)O2)C(=O)NS(=O)(=O)C1CC1. The van der Waals surface area contributed by atoms with Crippen molar-refractivity contribution in [1.29, 1.82) is 0 Å². The van der Waals surface area contributed by atoms with Crippen LogP contribution >= 0.6 is 0 Å². The first kappa shape index (κ1) is 43.1. The largest absolute Gasteiger partial charge is 0.496 e. The second-order valence-electron chi connectivity index (χ2n) is 18.9. The monoisotopic (exact) mass is 863 g/mol. The average Bonchev–Trinajstić information content (AvgIpc) is 4.12. The van der Waals surface area contributed by atoms with Crippen molar-refractivity contribution in [3.05, 3.63) is 36.4 Å². The minimum atomic E-state index is -3.91. The Hall–Kier alpha value is -4.60. The molecule has 5 atom stereocenters. The number of methoxy groups -OCH3 is 1. The number of hydrogen-bond acceptors (Lipinski definition) is 11. The summed E-state index contributed by atoms with van der Waals surface area (Å²) < 4.78 is 52.9. The highest BCUT2D eigenvalue weighted by Gasteiger charge is 2.62. The first-order valence-electron chi connectivity index (χ1n) is 22.3. The third-order valence-corrected chi connectivity index (χ3v) is 15.5. The van der Waals surface area contributed by atoms with Crippen LogP contribution in [0.2, 0.25) is 0 Å². The van der Waals surface area contributed by atoms with E-state index in [1.54, 1.807) is 13.2 Å². The molecule has 5 fully saturated rings. The Labute approximate surface area is 358 Å². The van der Waals surface area contributed by atoms with Crippen LogP contribution in [0.5, 0.6) is 17.4 Å². The number of aromatic nitrogens is 1. The number of rotatable bonds is 10. The number of hydrogen-bond donors (Lipinski definition) is 3. The molecule has 1 aromatic heterocycles. The third-order valence-electron chi connectivity index (χ3n) is 13.7. The molecule has 8 rings (SSSR count). The predicted molar refractivity (Wildman–Crippen MR) is 227 cm³/mol. The molecule has 0 radical (unpaired) electrons. The van der Waals surface area contributed by atoms with Crippen LogP contribution in [0.3, 0.4) is 0 Å². The van der Waals surface area contributed by atoms with E-state index in [1.807, 2.05) is 26.0 Å². The molecule has 2 aromatic rings. The quantitative estimate of drug-likeness (QED) is 0.251. The lowest BCUT2D eigenvalue weighted by molar-refractivity contribution is -0.142. The van der Waals surface area contributed by atoms with Gasteiger partial charge in [0.2, 0.25) is 27.7 Å². The molecule has 1 aromatic carbocycles. The lowest BCUT2D eigenvalue weighted by Crippen LogP contribution is -2.59. The van der Waals surface area contributed by atoms with Gasteiger partial charge in [0, 0.05) is 29.9 Å². The van der Waals surface area contributed by atoms with Crippen LogP contribution in [-0.2, 0) is 35.6 Å². The van der Waals surface area contributed by atoms with Crippen molar-refractivity contribution in [3.8, 4) is 17.4 Å². The Morgan fingerprint density at radius 2 is 1.75 bits per heavy atom. The maximum Gasteiger partial charge on any atom is 0.407 e. The molecular formula is C45H61N5O10S. The van der Waals surface area contributed by atoms with E-state index < -0.39 is 68.7 Å². The van der Waals surface area contributed by atoms with E-state index in [9.17, 15) is 22.8 Å². The molecule has 16 heteroatoms. The molecule has 332 valence electrons. The minimum absolute atomic E-state index is 0.00428. The van der Waals surface area contributed by atoms with Crippen LogP contribution in [0, 0.1) is 17.3 Å². The van der Waals surface area contributed by atoms with Crippen LogP contribution in [0.25, 0.3) is 10.9 Å². The van der Waals surface area contributed by atoms with Crippen molar-refractivity contribution in [3.63, 3.8) is 0 Å². The normalized spacial score (nSPS) is 28.8. The van der Waals surface area contributed by atoms with Gasteiger partial charge in [0.1, 0.15) is 41.3 Å². The zero-order chi connectivity index (χ0) is 43.1. The highest BCUT2D eigenvalue weighted by Crippen LogP contribution is 2.46. The number of aryl methyl sites for hydroxylation is 1. The average molecular weight is 864 g/mol. The molecular weight excluding hydrogens is 803 g/mol. The fourth-order valence-corrected chi connectivity index (χ4v) is 11.2. The van der Waals surface area contributed by atoms with Crippen molar-refractivity contribution in [2.24, 2.45) is 17.3 Å². The van der Waals surface area contributed by atoms with E-state index in [4.69, 9.17) is 23.9 Å². The van der Waals surface area contributed by atoms with E-state index in [-0.39, 0.29) is 43.4 Å². The predicted octanol–water partition coefficient (Wildman–Crippen LogP) is 5.62. The zero-order valence-electron chi connectivity index (χ0n) is 35.7. The second-order valence-corrected chi connectivity index (χ2v) is 20.9. The van der Waals surface area contributed by atoms with Crippen molar-refractivity contribution >= 4 is 44.7 Å². The summed E-state index contributed by atoms with van der Waals surface area (Å²) in [6.07, 6.45) is 11.7. The van der Waals surface area contributed by atoms with E-state index in [2.05, 4.69) is 21.9 Å². The molecule has 1 unspecified atom stereocenters. The van der Waals surface area contributed by atoms with Gasteiger partial charge in [0.15, 0.2) is 0 Å². The van der Waals surface area contributed by atoms with Crippen LogP contribution < -0.4 is 29.6 Å². The molecule has 4 amide bonds. The first-order chi connectivity index (χ1) is 29.2. The maximum atomic E-state index is 15.0. The fraction of sp³-hybridized carbons (Fsp3) is 0.667. The van der Waals surface area contributed by atoms with E-state index in [0.717, 1.165) is 68.7 Å². The Bertz CT molecular complexity index is 2150. The summed E-state index contributed by atoms with van der Waals surface area (Å²) in [5, 5.41) is 5.90. The molecule has 3 heterocycles. The molecule has 4 bridgehead atoms. The first-order valence-corrected chi connectivity index (χ1v) is 23.8. The number of ether oxygens (including phenoxy) is 4. The number of nitrogens with one attached hydrogen (secondary N) is 3. The highest BCUT2D eigenvalue weighted by molar-refractivity contribution is 7.91. The van der Waals surface area contributed by atoms with Gasteiger partial charge in [-0.15, -0.1) is 6.58 Å². The zero-order valence-corrected chi connectivity index (χ0v) is 36.5. The molecule has 61 heavy (non-hydrogen) atoms. The maximum absolute atomic E-state index is 15.0. The topological polar surface area (TPSA) is 192 Å². The van der Waals surface area contributed by atoms with Crippen molar-refractivity contribution in [2.75, 3.05) is 20.3 Å². The van der Waals surface area contributed by atoms with Gasteiger partial charge >= 0.3 is 6.09 Å². The number of sulfonamides is 1. The Kier molecular flexibility index (Phi) is 12.2. The van der Waals surface area contributed by atoms with E-state index in [0.29, 0.717) is 55.0 Å². The standard InChI is InChI=1S/C45H61N5O10S/c1-5-29-24-45(29,42(53)49-61(55,56)32-17-18-32)48-40(51)35-21-31-25-50(35)41(52)39(27-12-7-6-8-13-27)47-43(54)58-26-44(2,3)19-11-14-28-20-33-34(22-36(28)57-4)46-38(23-37(33)59-31)60-30-15-9-10-16-30/h5,20,22-23,27,29-32,35,39H,1,6-19,21,24-26H2,2-4H3,(H,47,54)(H,48,51)(H,49,53)/t29-,31-,35+,39+,45?/m1/s1. The van der Waals surface area contributed by atoms with Gasteiger partial charge in [0.05, 0.1) is 31.0 Å². The van der Waals surface area contributed by atoms with Crippen LogP contribution in [0.1, 0.15) is 116 Å². The summed E-state index contributed by atoms with van der Waals surface area (Å²) in [7, 11) is -2.28. The minimum Gasteiger partial charge on any atom is -0.496 e. The Morgan fingerprint density at radius 3 is 2.44 bits per heavy atom. The molecule has 1 saturated heterocycles. The summed E-state index contributed by atoms with van der Waals surface area (Å²) in [6.45, 7) is 8.05. The van der Waals surface area contributed by atoms with Crippen LogP contribution in [-0.4, -0.2) is 97.5 Å². The van der Waals surface area contributed by atoms with Gasteiger partial charge in [-0.2, -0.15) is 0 Å². The number of carbonyl (C=O) groups excluding carboxylic acids is 4. The Balaban J connectivity index is 1.17. The van der Waals surface area contributed by atoms with Gasteiger partial charge in [0.25, 0.3) is 5.91 Å². The number of fused-ring (bicyclic) bond motifs is 3. The summed E-state index contributed by atoms with van der Waals surface area (Å²) in [5.74, 6) is -1.03. The summed E-state index contributed by atoms with van der Waals surface area (Å²) in [5.41, 5.74) is -0.363. The molecule has 2 aliphatic heterocycles.